The second-order valence-electron chi connectivity index (χ2n) is 10.3. The minimum Gasteiger partial charge on any atom is -0.465 e. The van der Waals surface area contributed by atoms with Gasteiger partial charge >= 0.3 is 0 Å². The Morgan fingerprint density at radius 3 is 2.62 bits per heavy atom. The summed E-state index contributed by atoms with van der Waals surface area (Å²) in [4.78, 5) is 38.2. The SMILES string of the molecule is Cc1ccc(C2C(C#N)=C(N)N(c3nnc(SCC(=O)c4ccc([N+](=O)[O-])cc4)s3)C3=C2C(=O)CC(C)(C)C3)o1. The quantitative estimate of drug-likeness (QED) is 0.168. The van der Waals surface area contributed by atoms with Crippen molar-refractivity contribution in [1.29, 1.82) is 5.26 Å². The van der Waals surface area contributed by atoms with Crippen LogP contribution in [0.25, 0.3) is 0 Å². The summed E-state index contributed by atoms with van der Waals surface area (Å²) in [5, 5.41) is 29.9. The Hall–Kier alpha value is -4.28. The average Bonchev–Trinajstić information content (AvgIpc) is 3.55. The molecule has 0 spiro atoms. The number of nitrogens with two attached hydrogens (primary N) is 1. The summed E-state index contributed by atoms with van der Waals surface area (Å²) in [6.07, 6.45) is 0.834. The van der Waals surface area contributed by atoms with E-state index in [1.54, 1.807) is 24.0 Å². The molecule has 1 unspecified atom stereocenters. The third-order valence-corrected chi connectivity index (χ3v) is 8.78. The molecule has 0 saturated carbocycles. The summed E-state index contributed by atoms with van der Waals surface area (Å²) >= 11 is 2.36. The van der Waals surface area contributed by atoms with Crippen molar-refractivity contribution in [2.75, 3.05) is 10.7 Å². The number of nitro groups is 1. The van der Waals surface area contributed by atoms with Gasteiger partial charge in [-0.1, -0.05) is 36.9 Å². The fourth-order valence-corrected chi connectivity index (χ4v) is 6.73. The molecule has 2 aliphatic rings. The van der Waals surface area contributed by atoms with E-state index in [2.05, 4.69) is 16.3 Å². The minimum absolute atomic E-state index is 0.0423. The number of hydrogen-bond acceptors (Lipinski definition) is 12. The van der Waals surface area contributed by atoms with Crippen molar-refractivity contribution < 1.29 is 18.9 Å². The zero-order valence-electron chi connectivity index (χ0n) is 21.8. The second-order valence-corrected chi connectivity index (χ2v) is 12.5. The smallest absolute Gasteiger partial charge is 0.269 e. The molecule has 13 heteroatoms. The maximum atomic E-state index is 13.5. The number of Topliss-reactive ketones (excluding diaryl/α,β-unsaturated/α-hetero) is 2. The summed E-state index contributed by atoms with van der Waals surface area (Å²) in [5.41, 5.74) is 7.84. The molecular weight excluding hydrogens is 552 g/mol. The Bertz CT molecular complexity index is 1640. The number of aromatic nitrogens is 2. The Morgan fingerprint density at radius 2 is 2.00 bits per heavy atom. The van der Waals surface area contributed by atoms with Crippen molar-refractivity contribution in [1.82, 2.24) is 10.2 Å². The fourth-order valence-electron chi connectivity index (χ4n) is 4.95. The molecule has 0 saturated heterocycles. The summed E-state index contributed by atoms with van der Waals surface area (Å²) in [6, 6.07) is 11.2. The minimum atomic E-state index is -0.713. The number of hydrogen-bond donors (Lipinski definition) is 1. The highest BCUT2D eigenvalue weighted by molar-refractivity contribution is 8.01. The van der Waals surface area contributed by atoms with Gasteiger partial charge in [-0.15, -0.1) is 10.2 Å². The van der Waals surface area contributed by atoms with E-state index in [4.69, 9.17) is 10.2 Å². The van der Waals surface area contributed by atoms with Gasteiger partial charge in [0.2, 0.25) is 5.13 Å². The van der Waals surface area contributed by atoms with E-state index in [9.17, 15) is 25.0 Å². The molecular formula is C27H24N6O5S2. The Kier molecular flexibility index (Phi) is 7.07. The lowest BCUT2D eigenvalue weighted by Gasteiger charge is -2.42. The van der Waals surface area contributed by atoms with Crippen molar-refractivity contribution >= 4 is 45.5 Å². The molecule has 1 aliphatic carbocycles. The summed E-state index contributed by atoms with van der Waals surface area (Å²) in [5.74, 6) is 0.324. The predicted molar refractivity (Wildman–Crippen MR) is 149 cm³/mol. The van der Waals surface area contributed by atoms with Crippen molar-refractivity contribution in [3.8, 4) is 6.07 Å². The van der Waals surface area contributed by atoms with Gasteiger partial charge in [-0.3, -0.25) is 24.6 Å². The molecule has 1 aromatic carbocycles. The maximum Gasteiger partial charge on any atom is 0.269 e. The molecule has 0 bridgehead atoms. The average molecular weight is 577 g/mol. The van der Waals surface area contributed by atoms with Crippen LogP contribution in [-0.4, -0.2) is 32.4 Å². The number of non-ortho nitro benzene ring substituents is 1. The van der Waals surface area contributed by atoms with Crippen LogP contribution in [0.4, 0.5) is 10.8 Å². The van der Waals surface area contributed by atoms with E-state index in [1.807, 2.05) is 13.8 Å². The van der Waals surface area contributed by atoms with Crippen LogP contribution in [0.15, 0.2) is 67.8 Å². The molecule has 40 heavy (non-hydrogen) atoms. The lowest BCUT2D eigenvalue weighted by atomic mass is 9.69. The van der Waals surface area contributed by atoms with E-state index >= 15 is 0 Å². The van der Waals surface area contributed by atoms with Crippen molar-refractivity contribution in [3.05, 3.63) is 86.3 Å². The standard InChI is InChI=1S/C27H24N6O5S2/c1-14-4-9-21(38-14)22-17(12-28)24(29)32(18-10-27(2,3)11-19(34)23(18)22)25-30-31-26(40-25)39-13-20(35)15-5-7-16(8-6-15)33(36)37/h4-9,22H,10-11,13,29H2,1-3H3. The van der Waals surface area contributed by atoms with Gasteiger partial charge in [0.15, 0.2) is 15.9 Å². The first-order valence-corrected chi connectivity index (χ1v) is 14.1. The second kappa shape index (κ2) is 10.4. The maximum absolute atomic E-state index is 13.5. The number of carbonyl (C=O) groups excluding carboxylic acids is 2. The number of allylic oxidation sites excluding steroid dienone is 3. The third-order valence-electron chi connectivity index (χ3n) is 6.74. The van der Waals surface area contributed by atoms with Gasteiger partial charge in [0.05, 0.1) is 28.2 Å². The Balaban J connectivity index is 1.46. The first kappa shape index (κ1) is 27.3. The molecule has 204 valence electrons. The summed E-state index contributed by atoms with van der Waals surface area (Å²) in [6.45, 7) is 5.80. The number of carbonyl (C=O) groups is 2. The third kappa shape index (κ3) is 5.03. The summed E-state index contributed by atoms with van der Waals surface area (Å²) in [7, 11) is 0. The number of rotatable bonds is 7. The van der Waals surface area contributed by atoms with Crippen LogP contribution >= 0.6 is 23.1 Å². The van der Waals surface area contributed by atoms with Crippen LogP contribution < -0.4 is 10.6 Å². The number of aryl methyl sites for hydroxylation is 1. The molecule has 1 aliphatic heterocycles. The topological polar surface area (TPSA) is 169 Å². The van der Waals surface area contributed by atoms with E-state index < -0.39 is 10.8 Å². The van der Waals surface area contributed by atoms with Crippen molar-refractivity contribution in [2.45, 2.75) is 43.9 Å². The van der Waals surface area contributed by atoms with Crippen LogP contribution in [0.5, 0.6) is 0 Å². The monoisotopic (exact) mass is 576 g/mol. The Labute approximate surface area is 237 Å². The normalized spacial score (nSPS) is 18.5. The molecule has 0 radical (unpaired) electrons. The fraction of sp³-hybridized carbons (Fsp3) is 0.296. The molecule has 3 heterocycles. The summed E-state index contributed by atoms with van der Waals surface area (Å²) < 4.78 is 6.36. The van der Waals surface area contributed by atoms with Crippen LogP contribution in [0.1, 0.15) is 54.5 Å². The van der Waals surface area contributed by atoms with Gasteiger partial charge in [-0.2, -0.15) is 5.26 Å². The van der Waals surface area contributed by atoms with E-state index in [0.29, 0.717) is 50.7 Å². The van der Waals surface area contributed by atoms with E-state index in [0.717, 1.165) is 0 Å². The molecule has 0 fully saturated rings. The van der Waals surface area contributed by atoms with Crippen molar-refractivity contribution in [3.63, 3.8) is 0 Å². The van der Waals surface area contributed by atoms with Crippen LogP contribution in [0, 0.1) is 33.8 Å². The highest BCUT2D eigenvalue weighted by Gasteiger charge is 2.46. The van der Waals surface area contributed by atoms with E-state index in [1.165, 1.54) is 47.4 Å². The first-order chi connectivity index (χ1) is 19.0. The lowest BCUT2D eigenvalue weighted by molar-refractivity contribution is -0.384. The van der Waals surface area contributed by atoms with Gasteiger partial charge in [0.1, 0.15) is 17.3 Å². The van der Waals surface area contributed by atoms with Crippen LogP contribution in [-0.2, 0) is 4.79 Å². The number of nitriles is 1. The number of nitro benzene ring substituents is 1. The Morgan fingerprint density at radius 1 is 1.27 bits per heavy atom. The number of thioether (sulfide) groups is 1. The highest BCUT2D eigenvalue weighted by atomic mass is 32.2. The highest BCUT2D eigenvalue weighted by Crippen LogP contribution is 2.51. The van der Waals surface area contributed by atoms with Gasteiger partial charge in [-0.25, -0.2) is 0 Å². The van der Waals surface area contributed by atoms with Crippen LogP contribution in [0.3, 0.4) is 0 Å². The molecule has 2 aromatic heterocycles. The number of benzene rings is 1. The molecule has 2 N–H and O–H groups in total. The molecule has 11 nitrogen and oxygen atoms in total. The van der Waals surface area contributed by atoms with Gasteiger partial charge < -0.3 is 10.2 Å². The zero-order valence-corrected chi connectivity index (χ0v) is 23.5. The molecule has 1 atom stereocenters. The number of anilines is 1. The molecule has 5 rings (SSSR count). The van der Waals surface area contributed by atoms with Crippen molar-refractivity contribution in [2.24, 2.45) is 11.1 Å². The largest absolute Gasteiger partial charge is 0.465 e. The van der Waals surface area contributed by atoms with Crippen LogP contribution in [0.2, 0.25) is 0 Å². The number of nitrogens with zero attached hydrogens (tertiary/aromatic N) is 5. The van der Waals surface area contributed by atoms with Gasteiger partial charge in [-0.05, 0) is 43.0 Å². The zero-order chi connectivity index (χ0) is 28.8. The number of ketones is 2. The number of furan rings is 1. The van der Waals surface area contributed by atoms with Gasteiger partial charge in [0, 0.05) is 35.4 Å². The van der Waals surface area contributed by atoms with Gasteiger partial charge in [0.25, 0.3) is 5.69 Å². The van der Waals surface area contributed by atoms with E-state index in [-0.39, 0.29) is 39.8 Å². The molecule has 0 amide bonds. The lowest BCUT2D eigenvalue weighted by Crippen LogP contribution is -2.42. The molecule has 3 aromatic rings. The predicted octanol–water partition coefficient (Wildman–Crippen LogP) is 5.26. The first-order valence-electron chi connectivity index (χ1n) is 12.3.